The van der Waals surface area contributed by atoms with Crippen molar-refractivity contribution < 1.29 is 9.53 Å². The molecule has 4 aromatic rings. The lowest BCUT2D eigenvalue weighted by Gasteiger charge is -2.22. The molecule has 36 heavy (non-hydrogen) atoms. The molecular weight excluding hydrogens is 448 g/mol. The van der Waals surface area contributed by atoms with E-state index in [4.69, 9.17) is 4.74 Å². The van der Waals surface area contributed by atoms with Crippen LogP contribution in [0.4, 0.5) is 0 Å². The topological polar surface area (TPSA) is 68.5 Å². The zero-order valence-electron chi connectivity index (χ0n) is 21.0. The lowest BCUT2D eigenvalue weighted by molar-refractivity contribution is 0.0953. The Hall–Kier alpha value is -4.03. The first-order chi connectivity index (χ1) is 17.3. The predicted octanol–water partition coefficient (Wildman–Crippen LogP) is 5.79. The summed E-state index contributed by atoms with van der Waals surface area (Å²) in [6.45, 7) is 7.28. The number of nitrogens with one attached hydrogen (secondary N) is 1. The summed E-state index contributed by atoms with van der Waals surface area (Å²) in [6.07, 6.45) is 3.37. The van der Waals surface area contributed by atoms with Crippen molar-refractivity contribution in [3.8, 4) is 22.6 Å². The first-order valence-electron chi connectivity index (χ1n) is 12.1. The SMILES string of the molecule is COc1ccc(-n2cnc3c2C(=O)C(c2ccc(-c4ccccc4CNC(C)(C)C)cc2)N=C3)cc1. The van der Waals surface area contributed by atoms with E-state index >= 15 is 0 Å². The van der Waals surface area contributed by atoms with Crippen LogP contribution in [0.25, 0.3) is 16.8 Å². The molecule has 6 nitrogen and oxygen atoms in total. The number of aromatic nitrogens is 2. The van der Waals surface area contributed by atoms with Gasteiger partial charge in [-0.15, -0.1) is 0 Å². The summed E-state index contributed by atoms with van der Waals surface area (Å²) in [6, 6.07) is 23.5. The molecule has 1 aliphatic heterocycles. The maximum atomic E-state index is 13.6. The zero-order valence-corrected chi connectivity index (χ0v) is 21.0. The van der Waals surface area contributed by atoms with Crippen LogP contribution in [0.1, 0.15) is 54.1 Å². The molecule has 1 aromatic heterocycles. The molecule has 0 radical (unpaired) electrons. The number of fused-ring (bicyclic) bond motifs is 1. The highest BCUT2D eigenvalue weighted by molar-refractivity contribution is 6.08. The molecule has 0 fully saturated rings. The molecule has 1 atom stereocenters. The fourth-order valence-corrected chi connectivity index (χ4v) is 4.38. The Balaban J connectivity index is 1.41. The highest BCUT2D eigenvalue weighted by Gasteiger charge is 2.30. The number of imidazole rings is 1. The van der Waals surface area contributed by atoms with Crippen LogP contribution in [0.15, 0.2) is 84.1 Å². The van der Waals surface area contributed by atoms with Gasteiger partial charge in [0.15, 0.2) is 0 Å². The van der Waals surface area contributed by atoms with E-state index in [0.29, 0.717) is 11.4 Å². The Labute approximate surface area is 211 Å². The third kappa shape index (κ3) is 4.72. The third-order valence-electron chi connectivity index (χ3n) is 6.34. The second kappa shape index (κ2) is 9.55. The summed E-state index contributed by atoms with van der Waals surface area (Å²) < 4.78 is 7.08. The van der Waals surface area contributed by atoms with Crippen LogP contribution in [0.5, 0.6) is 5.75 Å². The van der Waals surface area contributed by atoms with Gasteiger partial charge in [0.2, 0.25) is 5.78 Å². The van der Waals surface area contributed by atoms with Gasteiger partial charge in [0.1, 0.15) is 29.5 Å². The summed E-state index contributed by atoms with van der Waals surface area (Å²) in [5, 5.41) is 3.57. The van der Waals surface area contributed by atoms with Gasteiger partial charge >= 0.3 is 0 Å². The summed E-state index contributed by atoms with van der Waals surface area (Å²) in [4.78, 5) is 22.5. The molecule has 1 N–H and O–H groups in total. The highest BCUT2D eigenvalue weighted by atomic mass is 16.5. The van der Waals surface area contributed by atoms with Crippen molar-refractivity contribution in [3.05, 3.63) is 102 Å². The number of methoxy groups -OCH3 is 1. The fraction of sp³-hybridized carbons (Fsp3) is 0.233. The molecule has 1 aliphatic rings. The van der Waals surface area contributed by atoms with Gasteiger partial charge in [-0.3, -0.25) is 14.4 Å². The number of benzene rings is 3. The van der Waals surface area contributed by atoms with Gasteiger partial charge in [-0.05, 0) is 67.3 Å². The Morgan fingerprint density at radius 1 is 0.972 bits per heavy atom. The number of hydrogen-bond donors (Lipinski definition) is 1. The van der Waals surface area contributed by atoms with Gasteiger partial charge in [0, 0.05) is 17.8 Å². The second-order valence-electron chi connectivity index (χ2n) is 9.97. The minimum Gasteiger partial charge on any atom is -0.497 e. The Morgan fingerprint density at radius 2 is 1.69 bits per heavy atom. The molecular formula is C30H30N4O2. The minimum atomic E-state index is -0.599. The van der Waals surface area contributed by atoms with Gasteiger partial charge in [-0.25, -0.2) is 4.98 Å². The van der Waals surface area contributed by atoms with Crippen LogP contribution in [0.2, 0.25) is 0 Å². The molecule has 2 heterocycles. The molecule has 0 saturated carbocycles. The molecule has 0 spiro atoms. The number of aliphatic imine (C=N–C) groups is 1. The first kappa shape index (κ1) is 23.7. The summed E-state index contributed by atoms with van der Waals surface area (Å²) in [7, 11) is 1.63. The number of hydrogen-bond acceptors (Lipinski definition) is 5. The van der Waals surface area contributed by atoms with Crippen molar-refractivity contribution in [2.75, 3.05) is 7.11 Å². The number of carbonyl (C=O) groups excluding carboxylic acids is 1. The smallest absolute Gasteiger partial charge is 0.210 e. The van der Waals surface area contributed by atoms with E-state index in [1.807, 2.05) is 41.0 Å². The van der Waals surface area contributed by atoms with E-state index in [1.165, 1.54) is 11.1 Å². The van der Waals surface area contributed by atoms with Crippen LogP contribution in [0.3, 0.4) is 0 Å². The monoisotopic (exact) mass is 478 g/mol. The van der Waals surface area contributed by atoms with E-state index in [1.54, 1.807) is 19.7 Å². The van der Waals surface area contributed by atoms with Crippen molar-refractivity contribution in [1.82, 2.24) is 14.9 Å². The van der Waals surface area contributed by atoms with Gasteiger partial charge in [-0.2, -0.15) is 0 Å². The summed E-state index contributed by atoms with van der Waals surface area (Å²) in [5.74, 6) is 0.692. The standard InChI is InChI=1S/C30H30N4O2/c1-30(2,3)33-17-22-7-5-6-8-25(22)20-9-11-21(12-10-20)27-29(35)28-26(18-31-27)32-19-34(28)23-13-15-24(36-4)16-14-23/h5-16,18-19,27,33H,17H2,1-4H3. The van der Waals surface area contributed by atoms with Crippen LogP contribution in [0, 0.1) is 0 Å². The van der Waals surface area contributed by atoms with Crippen molar-refractivity contribution in [2.24, 2.45) is 4.99 Å². The van der Waals surface area contributed by atoms with E-state index in [0.717, 1.165) is 29.1 Å². The van der Waals surface area contributed by atoms with E-state index < -0.39 is 6.04 Å². The van der Waals surface area contributed by atoms with Crippen molar-refractivity contribution in [1.29, 1.82) is 0 Å². The van der Waals surface area contributed by atoms with Gasteiger partial charge in [-0.1, -0.05) is 48.5 Å². The Bertz CT molecular complexity index is 1410. The number of Topliss-reactive ketones (excluding diaryl/α,β-unsaturated/α-hetero) is 1. The lowest BCUT2D eigenvalue weighted by atomic mass is 9.94. The van der Waals surface area contributed by atoms with Gasteiger partial charge in [0.25, 0.3) is 0 Å². The zero-order chi connectivity index (χ0) is 25.3. The number of ketones is 1. The number of carbonyl (C=O) groups is 1. The van der Waals surface area contributed by atoms with Crippen LogP contribution < -0.4 is 10.1 Å². The number of rotatable bonds is 6. The fourth-order valence-electron chi connectivity index (χ4n) is 4.38. The van der Waals surface area contributed by atoms with Crippen LogP contribution in [-0.2, 0) is 6.54 Å². The average molecular weight is 479 g/mol. The van der Waals surface area contributed by atoms with Gasteiger partial charge < -0.3 is 10.1 Å². The van der Waals surface area contributed by atoms with Crippen molar-refractivity contribution in [2.45, 2.75) is 38.9 Å². The molecule has 0 amide bonds. The molecule has 6 heteroatoms. The third-order valence-corrected chi connectivity index (χ3v) is 6.34. The highest BCUT2D eigenvalue weighted by Crippen LogP contribution is 2.31. The molecule has 3 aromatic carbocycles. The minimum absolute atomic E-state index is 0.0352. The molecule has 182 valence electrons. The summed E-state index contributed by atoms with van der Waals surface area (Å²) >= 11 is 0. The molecule has 0 aliphatic carbocycles. The predicted molar refractivity (Wildman–Crippen MR) is 143 cm³/mol. The molecule has 0 saturated heterocycles. The molecule has 0 bridgehead atoms. The van der Waals surface area contributed by atoms with E-state index in [2.05, 4.69) is 72.5 Å². The average Bonchev–Trinajstić information content (AvgIpc) is 3.33. The lowest BCUT2D eigenvalue weighted by Crippen LogP contribution is -2.35. The van der Waals surface area contributed by atoms with E-state index in [9.17, 15) is 4.79 Å². The number of nitrogens with zero attached hydrogens (tertiary/aromatic N) is 3. The number of ether oxygens (including phenoxy) is 1. The van der Waals surface area contributed by atoms with Crippen LogP contribution in [-0.4, -0.2) is 34.2 Å². The van der Waals surface area contributed by atoms with Crippen molar-refractivity contribution in [3.63, 3.8) is 0 Å². The largest absolute Gasteiger partial charge is 0.497 e. The first-order valence-corrected chi connectivity index (χ1v) is 12.1. The second-order valence-corrected chi connectivity index (χ2v) is 9.97. The normalized spacial score (nSPS) is 15.1. The molecule has 5 rings (SSSR count). The quantitative estimate of drug-likeness (QED) is 0.381. The maximum absolute atomic E-state index is 13.6. The summed E-state index contributed by atoms with van der Waals surface area (Å²) in [5.41, 5.74) is 6.40. The Morgan fingerprint density at radius 3 is 2.39 bits per heavy atom. The molecule has 1 unspecified atom stereocenters. The van der Waals surface area contributed by atoms with E-state index in [-0.39, 0.29) is 11.3 Å². The van der Waals surface area contributed by atoms with Crippen molar-refractivity contribution >= 4 is 12.0 Å². The van der Waals surface area contributed by atoms with Gasteiger partial charge in [0.05, 0.1) is 13.3 Å². The Kier molecular flexibility index (Phi) is 6.29. The maximum Gasteiger partial charge on any atom is 0.210 e. The van der Waals surface area contributed by atoms with Crippen LogP contribution >= 0.6 is 0 Å².